The van der Waals surface area contributed by atoms with Crippen molar-refractivity contribution < 1.29 is 9.53 Å². The van der Waals surface area contributed by atoms with Crippen LogP contribution in [0.4, 0.5) is 10.5 Å². The second kappa shape index (κ2) is 8.99. The summed E-state index contributed by atoms with van der Waals surface area (Å²) in [5.74, 6) is 1.79. The zero-order chi connectivity index (χ0) is 21.8. The largest absolute Gasteiger partial charge is 0.497 e. The molecule has 0 atom stereocenters. The van der Waals surface area contributed by atoms with E-state index < -0.39 is 0 Å². The van der Waals surface area contributed by atoms with Crippen LogP contribution in [-0.4, -0.2) is 45.7 Å². The van der Waals surface area contributed by atoms with Gasteiger partial charge in [-0.25, -0.2) is 14.8 Å². The molecule has 8 heteroatoms. The second-order valence-electron chi connectivity index (χ2n) is 7.56. The Labute approximate surface area is 180 Å². The number of amides is 2. The van der Waals surface area contributed by atoms with Gasteiger partial charge in [-0.15, -0.1) is 0 Å². The summed E-state index contributed by atoms with van der Waals surface area (Å²) < 4.78 is 6.65. The number of hydrogen-bond donors (Lipinski definition) is 1. The first-order chi connectivity index (χ1) is 15.0. The first-order valence-electron chi connectivity index (χ1n) is 10.2. The molecule has 4 rings (SSSR count). The zero-order valence-corrected chi connectivity index (χ0v) is 17.6. The number of hydrogen-bond acceptors (Lipinski definition) is 5. The summed E-state index contributed by atoms with van der Waals surface area (Å²) in [6.45, 7) is 1.17. The van der Waals surface area contributed by atoms with E-state index in [2.05, 4.69) is 10.3 Å². The Morgan fingerprint density at radius 2 is 1.87 bits per heavy atom. The number of rotatable bonds is 4. The molecule has 0 saturated carbocycles. The van der Waals surface area contributed by atoms with Gasteiger partial charge in [0.15, 0.2) is 0 Å². The molecule has 3 heterocycles. The third-order valence-electron chi connectivity index (χ3n) is 5.57. The fourth-order valence-electron chi connectivity index (χ4n) is 3.72. The number of pyridine rings is 1. The van der Waals surface area contributed by atoms with Crippen LogP contribution in [0.15, 0.2) is 59.7 Å². The van der Waals surface area contributed by atoms with Crippen LogP contribution in [0.2, 0.25) is 0 Å². The summed E-state index contributed by atoms with van der Waals surface area (Å²) in [5.41, 5.74) is 1.93. The number of urea groups is 1. The SMILES string of the molecule is COc1ccc(-c2ccnc(C3CCN(C(=O)Nc4cccn(C)c4=O)CC3)n2)cc1. The van der Waals surface area contributed by atoms with Crippen molar-refractivity contribution >= 4 is 11.7 Å². The smallest absolute Gasteiger partial charge is 0.321 e. The molecule has 1 aromatic carbocycles. The van der Waals surface area contributed by atoms with Gasteiger partial charge in [0.1, 0.15) is 17.3 Å². The van der Waals surface area contributed by atoms with E-state index >= 15 is 0 Å². The molecule has 0 bridgehead atoms. The van der Waals surface area contributed by atoms with Gasteiger partial charge in [0.05, 0.1) is 12.8 Å². The molecule has 2 aromatic heterocycles. The van der Waals surface area contributed by atoms with E-state index in [-0.39, 0.29) is 23.2 Å². The van der Waals surface area contributed by atoms with E-state index in [1.54, 1.807) is 43.6 Å². The van der Waals surface area contributed by atoms with Gasteiger partial charge >= 0.3 is 6.03 Å². The highest BCUT2D eigenvalue weighted by Gasteiger charge is 2.26. The number of anilines is 1. The molecule has 31 heavy (non-hydrogen) atoms. The van der Waals surface area contributed by atoms with Crippen LogP contribution in [0.25, 0.3) is 11.3 Å². The standard InChI is InChI=1S/C23H25N5O3/c1-27-13-3-4-20(22(27)29)26-23(30)28-14-10-17(11-15-28)21-24-12-9-19(25-21)16-5-7-18(31-2)8-6-16/h3-9,12-13,17H,10-11,14-15H2,1-2H3,(H,26,30). The van der Waals surface area contributed by atoms with Gasteiger partial charge in [0, 0.05) is 44.0 Å². The van der Waals surface area contributed by atoms with Crippen LogP contribution >= 0.6 is 0 Å². The van der Waals surface area contributed by atoms with Gasteiger partial charge in [0.2, 0.25) is 0 Å². The third-order valence-corrected chi connectivity index (χ3v) is 5.57. The zero-order valence-electron chi connectivity index (χ0n) is 17.6. The van der Waals surface area contributed by atoms with Crippen molar-refractivity contribution in [2.24, 2.45) is 7.05 Å². The number of ether oxygens (including phenoxy) is 1. The summed E-state index contributed by atoms with van der Waals surface area (Å²) in [7, 11) is 3.30. The van der Waals surface area contributed by atoms with Gasteiger partial charge in [-0.05, 0) is 55.3 Å². The van der Waals surface area contributed by atoms with E-state index in [4.69, 9.17) is 9.72 Å². The Morgan fingerprint density at radius 1 is 1.13 bits per heavy atom. The molecule has 1 aliphatic heterocycles. The Hall–Kier alpha value is -3.68. The van der Waals surface area contributed by atoms with Gasteiger partial charge in [-0.2, -0.15) is 0 Å². The molecule has 1 aliphatic rings. The maximum absolute atomic E-state index is 12.6. The predicted octanol–water partition coefficient (Wildman–Crippen LogP) is 3.26. The van der Waals surface area contributed by atoms with Crippen molar-refractivity contribution in [2.45, 2.75) is 18.8 Å². The lowest BCUT2D eigenvalue weighted by molar-refractivity contribution is 0.193. The van der Waals surface area contributed by atoms with E-state index in [0.29, 0.717) is 13.1 Å². The molecule has 160 valence electrons. The van der Waals surface area contributed by atoms with Gasteiger partial charge in [0.25, 0.3) is 5.56 Å². The minimum atomic E-state index is -0.255. The van der Waals surface area contributed by atoms with E-state index in [9.17, 15) is 9.59 Å². The van der Waals surface area contributed by atoms with Gasteiger partial charge < -0.3 is 19.5 Å². The molecule has 0 spiro atoms. The van der Waals surface area contributed by atoms with Crippen molar-refractivity contribution in [3.05, 3.63) is 71.0 Å². The lowest BCUT2D eigenvalue weighted by Gasteiger charge is -2.31. The van der Waals surface area contributed by atoms with E-state index in [0.717, 1.165) is 35.7 Å². The molecule has 2 amide bonds. The number of carbonyl (C=O) groups excluding carboxylic acids is 1. The first kappa shape index (κ1) is 20.6. The summed E-state index contributed by atoms with van der Waals surface area (Å²) in [5, 5.41) is 2.73. The fraction of sp³-hybridized carbons (Fsp3) is 0.304. The second-order valence-corrected chi connectivity index (χ2v) is 7.56. The van der Waals surface area contributed by atoms with Crippen LogP contribution in [0.1, 0.15) is 24.6 Å². The quantitative estimate of drug-likeness (QED) is 0.701. The molecule has 1 saturated heterocycles. The van der Waals surface area contributed by atoms with E-state index in [1.165, 1.54) is 4.57 Å². The summed E-state index contributed by atoms with van der Waals surface area (Å²) in [6, 6.07) is 12.8. The molecular weight excluding hydrogens is 394 g/mol. The Kier molecular flexibility index (Phi) is 5.97. The number of aryl methyl sites for hydroxylation is 1. The number of nitrogens with zero attached hydrogens (tertiary/aromatic N) is 4. The Morgan fingerprint density at radius 3 is 2.58 bits per heavy atom. The maximum atomic E-state index is 12.6. The maximum Gasteiger partial charge on any atom is 0.321 e. The van der Waals surface area contributed by atoms with Crippen LogP contribution in [0, 0.1) is 0 Å². The van der Waals surface area contributed by atoms with Crippen molar-refractivity contribution in [1.82, 2.24) is 19.4 Å². The van der Waals surface area contributed by atoms with Gasteiger partial charge in [-0.1, -0.05) is 0 Å². The minimum Gasteiger partial charge on any atom is -0.497 e. The normalized spacial score (nSPS) is 14.3. The highest BCUT2D eigenvalue weighted by molar-refractivity contribution is 5.89. The molecule has 0 radical (unpaired) electrons. The Bertz CT molecular complexity index is 1120. The van der Waals surface area contributed by atoms with Crippen LogP contribution in [0.5, 0.6) is 5.75 Å². The topological polar surface area (TPSA) is 89.4 Å². The van der Waals surface area contributed by atoms with Crippen LogP contribution in [-0.2, 0) is 7.05 Å². The molecule has 8 nitrogen and oxygen atoms in total. The minimum absolute atomic E-state index is 0.187. The first-order valence-corrected chi connectivity index (χ1v) is 10.2. The van der Waals surface area contributed by atoms with E-state index in [1.807, 2.05) is 30.3 Å². The summed E-state index contributed by atoms with van der Waals surface area (Å²) in [4.78, 5) is 35.7. The molecular formula is C23H25N5O3. The number of aromatic nitrogens is 3. The number of methoxy groups -OCH3 is 1. The summed E-state index contributed by atoms with van der Waals surface area (Å²) >= 11 is 0. The highest BCUT2D eigenvalue weighted by Crippen LogP contribution is 2.28. The molecule has 0 unspecified atom stereocenters. The van der Waals surface area contributed by atoms with Crippen LogP contribution < -0.4 is 15.6 Å². The molecule has 0 aliphatic carbocycles. The molecule has 1 fully saturated rings. The lowest BCUT2D eigenvalue weighted by atomic mass is 9.96. The number of nitrogens with one attached hydrogen (secondary N) is 1. The Balaban J connectivity index is 1.40. The number of carbonyl (C=O) groups is 1. The van der Waals surface area contributed by atoms with Crippen molar-refractivity contribution in [3.63, 3.8) is 0 Å². The van der Waals surface area contributed by atoms with Gasteiger partial charge in [-0.3, -0.25) is 4.79 Å². The average Bonchev–Trinajstić information content (AvgIpc) is 2.82. The monoisotopic (exact) mass is 419 g/mol. The van der Waals surface area contributed by atoms with Crippen molar-refractivity contribution in [1.29, 1.82) is 0 Å². The highest BCUT2D eigenvalue weighted by atomic mass is 16.5. The molecule has 3 aromatic rings. The average molecular weight is 419 g/mol. The number of likely N-dealkylation sites (tertiary alicyclic amines) is 1. The van der Waals surface area contributed by atoms with Crippen molar-refractivity contribution in [2.75, 3.05) is 25.5 Å². The molecule has 1 N–H and O–H groups in total. The van der Waals surface area contributed by atoms with Crippen LogP contribution in [0.3, 0.4) is 0 Å². The summed E-state index contributed by atoms with van der Waals surface area (Å²) in [6.07, 6.45) is 4.98. The van der Waals surface area contributed by atoms with Crippen molar-refractivity contribution in [3.8, 4) is 17.0 Å². The fourth-order valence-corrected chi connectivity index (χ4v) is 3.72. The number of benzene rings is 1. The predicted molar refractivity (Wildman–Crippen MR) is 118 cm³/mol. The third kappa shape index (κ3) is 4.58. The number of piperidine rings is 1. The lowest BCUT2D eigenvalue weighted by Crippen LogP contribution is -2.41.